The molecule has 1 aromatic heterocycles. The molecule has 0 aromatic carbocycles. The molecule has 0 spiro atoms. The Morgan fingerprint density at radius 3 is 2.94 bits per heavy atom. The van der Waals surface area contributed by atoms with Crippen molar-refractivity contribution in [1.29, 1.82) is 0 Å². The molecule has 1 aliphatic rings. The number of ether oxygens (including phenoxy) is 1. The molecule has 0 saturated heterocycles. The van der Waals surface area contributed by atoms with Crippen molar-refractivity contribution in [2.75, 3.05) is 26.8 Å². The number of hydrogen-bond donors (Lipinski definition) is 1. The molecular formula is C11H19N3OS. The van der Waals surface area contributed by atoms with Crippen LogP contribution in [0.1, 0.15) is 35.2 Å². The molecule has 1 saturated carbocycles. The van der Waals surface area contributed by atoms with Gasteiger partial charge in [0, 0.05) is 32.5 Å². The van der Waals surface area contributed by atoms with Gasteiger partial charge in [-0.15, -0.1) is 21.5 Å². The minimum atomic E-state index is 0.715. The van der Waals surface area contributed by atoms with E-state index in [-0.39, 0.29) is 0 Å². The number of rotatable bonds is 7. The topological polar surface area (TPSA) is 47.0 Å². The zero-order valence-electron chi connectivity index (χ0n) is 9.74. The third-order valence-electron chi connectivity index (χ3n) is 2.94. The van der Waals surface area contributed by atoms with Crippen molar-refractivity contribution in [3.8, 4) is 0 Å². The average Bonchev–Trinajstić information content (AvgIpc) is 2.64. The van der Waals surface area contributed by atoms with Crippen LogP contribution >= 0.6 is 11.3 Å². The Bertz CT molecular complexity index is 312. The van der Waals surface area contributed by atoms with E-state index in [4.69, 9.17) is 4.74 Å². The van der Waals surface area contributed by atoms with Crippen LogP contribution in [0.5, 0.6) is 0 Å². The molecule has 0 radical (unpaired) electrons. The van der Waals surface area contributed by atoms with Crippen molar-refractivity contribution < 1.29 is 4.74 Å². The van der Waals surface area contributed by atoms with Crippen LogP contribution in [0.25, 0.3) is 0 Å². The first kappa shape index (κ1) is 12.0. The van der Waals surface area contributed by atoms with E-state index in [2.05, 4.69) is 15.5 Å². The molecule has 1 aliphatic carbocycles. The number of nitrogens with zero attached hydrogens (tertiary/aromatic N) is 2. The Morgan fingerprint density at radius 1 is 1.38 bits per heavy atom. The van der Waals surface area contributed by atoms with Gasteiger partial charge in [0.15, 0.2) is 0 Å². The van der Waals surface area contributed by atoms with Gasteiger partial charge in [-0.25, -0.2) is 0 Å². The molecule has 4 nitrogen and oxygen atoms in total. The van der Waals surface area contributed by atoms with Crippen LogP contribution < -0.4 is 5.32 Å². The Labute approximate surface area is 100 Å². The Hall–Kier alpha value is -0.520. The molecule has 0 amide bonds. The Kier molecular flexibility index (Phi) is 4.69. The lowest BCUT2D eigenvalue weighted by molar-refractivity contribution is 0.199. The largest absolute Gasteiger partial charge is 0.383 e. The first-order valence-electron chi connectivity index (χ1n) is 5.92. The quantitative estimate of drug-likeness (QED) is 0.736. The van der Waals surface area contributed by atoms with E-state index in [0.717, 1.165) is 31.1 Å². The number of methoxy groups -OCH3 is 1. The van der Waals surface area contributed by atoms with Crippen molar-refractivity contribution in [2.24, 2.45) is 0 Å². The average molecular weight is 241 g/mol. The van der Waals surface area contributed by atoms with Crippen LogP contribution in [0.3, 0.4) is 0 Å². The lowest BCUT2D eigenvalue weighted by Gasteiger charge is -2.21. The SMILES string of the molecule is COCCNCCc1nnc(C2CCC2)s1. The van der Waals surface area contributed by atoms with Gasteiger partial charge < -0.3 is 10.1 Å². The molecule has 16 heavy (non-hydrogen) atoms. The van der Waals surface area contributed by atoms with E-state index in [1.54, 1.807) is 18.4 Å². The first-order chi connectivity index (χ1) is 7.90. The fourth-order valence-electron chi connectivity index (χ4n) is 1.68. The summed E-state index contributed by atoms with van der Waals surface area (Å²) in [7, 11) is 1.72. The zero-order chi connectivity index (χ0) is 11.2. The maximum Gasteiger partial charge on any atom is 0.120 e. The smallest absolute Gasteiger partial charge is 0.120 e. The molecule has 1 heterocycles. The van der Waals surface area contributed by atoms with Gasteiger partial charge in [0.25, 0.3) is 0 Å². The predicted molar refractivity (Wildman–Crippen MR) is 65.0 cm³/mol. The lowest BCUT2D eigenvalue weighted by Crippen LogP contribution is -2.21. The Morgan fingerprint density at radius 2 is 2.25 bits per heavy atom. The molecule has 2 rings (SSSR count). The van der Waals surface area contributed by atoms with E-state index in [1.807, 2.05) is 0 Å². The molecule has 90 valence electrons. The third kappa shape index (κ3) is 3.23. The number of aromatic nitrogens is 2. The van der Waals surface area contributed by atoms with Gasteiger partial charge in [0.2, 0.25) is 0 Å². The van der Waals surface area contributed by atoms with Crippen LogP contribution in [0.4, 0.5) is 0 Å². The highest BCUT2D eigenvalue weighted by molar-refractivity contribution is 7.11. The van der Waals surface area contributed by atoms with E-state index in [1.165, 1.54) is 24.3 Å². The van der Waals surface area contributed by atoms with Gasteiger partial charge >= 0.3 is 0 Å². The van der Waals surface area contributed by atoms with Gasteiger partial charge in [-0.1, -0.05) is 6.42 Å². The summed E-state index contributed by atoms with van der Waals surface area (Å²) in [6.07, 6.45) is 4.95. The maximum absolute atomic E-state index is 4.96. The summed E-state index contributed by atoms with van der Waals surface area (Å²) in [6, 6.07) is 0. The van der Waals surface area contributed by atoms with Gasteiger partial charge in [-0.05, 0) is 12.8 Å². The fourth-order valence-corrected chi connectivity index (χ4v) is 2.69. The van der Waals surface area contributed by atoms with Gasteiger partial charge in [-0.3, -0.25) is 0 Å². The highest BCUT2D eigenvalue weighted by Crippen LogP contribution is 2.37. The van der Waals surface area contributed by atoms with Crippen molar-refractivity contribution in [1.82, 2.24) is 15.5 Å². The Balaban J connectivity index is 1.66. The van der Waals surface area contributed by atoms with E-state index >= 15 is 0 Å². The van der Waals surface area contributed by atoms with Crippen molar-refractivity contribution in [3.63, 3.8) is 0 Å². The molecule has 1 fully saturated rings. The highest BCUT2D eigenvalue weighted by Gasteiger charge is 2.23. The lowest BCUT2D eigenvalue weighted by atomic mass is 9.86. The summed E-state index contributed by atoms with van der Waals surface area (Å²) in [5, 5.41) is 14.2. The van der Waals surface area contributed by atoms with Crippen LogP contribution in [-0.2, 0) is 11.2 Å². The van der Waals surface area contributed by atoms with Gasteiger partial charge in [-0.2, -0.15) is 0 Å². The van der Waals surface area contributed by atoms with Crippen LogP contribution in [0.15, 0.2) is 0 Å². The molecular weight excluding hydrogens is 222 g/mol. The first-order valence-corrected chi connectivity index (χ1v) is 6.73. The predicted octanol–water partition coefficient (Wildman–Crippen LogP) is 1.58. The van der Waals surface area contributed by atoms with Gasteiger partial charge in [0.1, 0.15) is 10.0 Å². The van der Waals surface area contributed by atoms with Crippen molar-refractivity contribution >= 4 is 11.3 Å². The van der Waals surface area contributed by atoms with Crippen molar-refractivity contribution in [2.45, 2.75) is 31.6 Å². The van der Waals surface area contributed by atoms with Gasteiger partial charge in [0.05, 0.1) is 6.61 Å². The molecule has 0 bridgehead atoms. The minimum Gasteiger partial charge on any atom is -0.383 e. The number of hydrogen-bond acceptors (Lipinski definition) is 5. The normalized spacial score (nSPS) is 16.3. The van der Waals surface area contributed by atoms with Crippen LogP contribution in [0, 0.1) is 0 Å². The second-order valence-corrected chi connectivity index (χ2v) is 5.25. The summed E-state index contributed by atoms with van der Waals surface area (Å²) in [5.41, 5.74) is 0. The standard InChI is InChI=1S/C11H19N3OS/c1-15-8-7-12-6-5-10-13-14-11(16-10)9-3-2-4-9/h9,12H,2-8H2,1H3. The molecule has 0 aliphatic heterocycles. The summed E-state index contributed by atoms with van der Waals surface area (Å²) < 4.78 is 4.96. The summed E-state index contributed by atoms with van der Waals surface area (Å²) >= 11 is 1.79. The highest BCUT2D eigenvalue weighted by atomic mass is 32.1. The van der Waals surface area contributed by atoms with E-state index in [9.17, 15) is 0 Å². The monoisotopic (exact) mass is 241 g/mol. The molecule has 0 unspecified atom stereocenters. The van der Waals surface area contributed by atoms with Crippen LogP contribution in [-0.4, -0.2) is 37.0 Å². The summed E-state index contributed by atoms with van der Waals surface area (Å²) in [4.78, 5) is 0. The molecule has 1 N–H and O–H groups in total. The minimum absolute atomic E-state index is 0.715. The van der Waals surface area contributed by atoms with Crippen LogP contribution in [0.2, 0.25) is 0 Å². The zero-order valence-corrected chi connectivity index (χ0v) is 10.6. The summed E-state index contributed by atoms with van der Waals surface area (Å²) in [6.45, 7) is 2.64. The van der Waals surface area contributed by atoms with E-state index in [0.29, 0.717) is 5.92 Å². The molecule has 5 heteroatoms. The second kappa shape index (κ2) is 6.27. The molecule has 0 atom stereocenters. The fraction of sp³-hybridized carbons (Fsp3) is 0.818. The molecule has 1 aromatic rings. The van der Waals surface area contributed by atoms with E-state index < -0.39 is 0 Å². The summed E-state index contributed by atoms with van der Waals surface area (Å²) in [5.74, 6) is 0.715. The maximum atomic E-state index is 4.96. The van der Waals surface area contributed by atoms with Crippen molar-refractivity contribution in [3.05, 3.63) is 10.0 Å². The third-order valence-corrected chi connectivity index (χ3v) is 4.08. The number of nitrogens with one attached hydrogen (secondary N) is 1. The second-order valence-electron chi connectivity index (χ2n) is 4.15.